The fourth-order valence-electron chi connectivity index (χ4n) is 2.76. The first-order valence-corrected chi connectivity index (χ1v) is 6.12. The third-order valence-corrected chi connectivity index (χ3v) is 3.44. The predicted octanol–water partition coefficient (Wildman–Crippen LogP) is 1.84. The zero-order chi connectivity index (χ0) is 11.7. The fraction of sp³-hybridized carbons (Fsp3) is 0.615. The van der Waals surface area contributed by atoms with Gasteiger partial charge in [0.05, 0.1) is 0 Å². The van der Waals surface area contributed by atoms with Gasteiger partial charge in [0.2, 0.25) is 0 Å². The number of pyridine rings is 1. The summed E-state index contributed by atoms with van der Waals surface area (Å²) in [5, 5.41) is 0. The largest absolute Gasteiger partial charge is 0.326 e. The van der Waals surface area contributed by atoms with Gasteiger partial charge >= 0.3 is 0 Å². The van der Waals surface area contributed by atoms with Crippen molar-refractivity contribution >= 4 is 0 Å². The molecule has 0 spiro atoms. The lowest BCUT2D eigenvalue weighted by atomic mass is 9.85. The van der Waals surface area contributed by atoms with E-state index in [9.17, 15) is 4.79 Å². The van der Waals surface area contributed by atoms with E-state index in [4.69, 9.17) is 5.73 Å². The van der Waals surface area contributed by atoms with E-state index in [2.05, 4.69) is 18.8 Å². The first-order valence-electron chi connectivity index (χ1n) is 6.12. The highest BCUT2D eigenvalue weighted by atomic mass is 16.1. The van der Waals surface area contributed by atoms with Crippen LogP contribution < -0.4 is 11.3 Å². The summed E-state index contributed by atoms with van der Waals surface area (Å²) in [6.45, 7) is 4.63. The molecule has 1 heterocycles. The summed E-state index contributed by atoms with van der Waals surface area (Å²) < 4.78 is 0. The first-order chi connectivity index (χ1) is 7.65. The average Bonchev–Trinajstić information content (AvgIpc) is 2.26. The quantitative estimate of drug-likeness (QED) is 0.799. The second-order valence-corrected chi connectivity index (χ2v) is 4.87. The molecule has 0 aromatic carbocycles. The summed E-state index contributed by atoms with van der Waals surface area (Å²) in [7, 11) is 0. The van der Waals surface area contributed by atoms with Gasteiger partial charge in [-0.3, -0.25) is 4.79 Å². The molecule has 0 saturated carbocycles. The number of rotatable bonds is 2. The second-order valence-electron chi connectivity index (χ2n) is 4.87. The molecule has 3 N–H and O–H groups in total. The van der Waals surface area contributed by atoms with Gasteiger partial charge in [-0.05, 0) is 42.7 Å². The lowest BCUT2D eigenvalue weighted by Gasteiger charge is -2.23. The lowest BCUT2D eigenvalue weighted by molar-refractivity contribution is 0.644. The van der Waals surface area contributed by atoms with E-state index in [1.54, 1.807) is 0 Å². The van der Waals surface area contributed by atoms with Gasteiger partial charge in [-0.1, -0.05) is 13.8 Å². The number of nitrogens with one attached hydrogen (secondary N) is 1. The van der Waals surface area contributed by atoms with E-state index in [0.717, 1.165) is 24.1 Å². The van der Waals surface area contributed by atoms with Crippen LogP contribution in [0.2, 0.25) is 0 Å². The molecule has 1 aliphatic rings. The fourth-order valence-corrected chi connectivity index (χ4v) is 2.76. The lowest BCUT2D eigenvalue weighted by Crippen LogP contribution is -2.25. The molecular formula is C13H20N2O. The standard InChI is InChI=1S/C13H20N2O/c1-8(2)12-9-5-3-4-6-11(9)15-13(16)10(12)7-14/h8H,3-7,14H2,1-2H3,(H,15,16). The Bertz CT molecular complexity index is 446. The van der Waals surface area contributed by atoms with Crippen molar-refractivity contribution in [1.82, 2.24) is 4.98 Å². The van der Waals surface area contributed by atoms with E-state index in [-0.39, 0.29) is 5.56 Å². The third-order valence-electron chi connectivity index (χ3n) is 3.44. The number of fused-ring (bicyclic) bond motifs is 1. The van der Waals surface area contributed by atoms with Gasteiger partial charge in [0.1, 0.15) is 0 Å². The highest BCUT2D eigenvalue weighted by molar-refractivity contribution is 5.40. The molecule has 0 radical (unpaired) electrons. The van der Waals surface area contributed by atoms with Gasteiger partial charge in [0.15, 0.2) is 0 Å². The van der Waals surface area contributed by atoms with Crippen LogP contribution in [0.5, 0.6) is 0 Å². The zero-order valence-corrected chi connectivity index (χ0v) is 10.1. The van der Waals surface area contributed by atoms with Gasteiger partial charge in [-0.2, -0.15) is 0 Å². The number of H-pyrrole nitrogens is 1. The number of nitrogens with two attached hydrogens (primary N) is 1. The Labute approximate surface area is 96.1 Å². The molecule has 88 valence electrons. The Morgan fingerprint density at radius 1 is 1.31 bits per heavy atom. The third kappa shape index (κ3) is 1.80. The van der Waals surface area contributed by atoms with Gasteiger partial charge in [-0.15, -0.1) is 0 Å². The summed E-state index contributed by atoms with van der Waals surface area (Å²) in [5.41, 5.74) is 10.2. The zero-order valence-electron chi connectivity index (χ0n) is 10.1. The normalized spacial score (nSPS) is 15.2. The molecule has 16 heavy (non-hydrogen) atoms. The van der Waals surface area contributed by atoms with Crippen molar-refractivity contribution in [3.05, 3.63) is 32.7 Å². The van der Waals surface area contributed by atoms with Crippen molar-refractivity contribution in [2.24, 2.45) is 5.73 Å². The van der Waals surface area contributed by atoms with Crippen molar-refractivity contribution in [3.8, 4) is 0 Å². The Kier molecular flexibility index (Phi) is 3.15. The van der Waals surface area contributed by atoms with Crippen LogP contribution in [0.3, 0.4) is 0 Å². The van der Waals surface area contributed by atoms with E-state index < -0.39 is 0 Å². The molecule has 0 aliphatic heterocycles. The highest BCUT2D eigenvalue weighted by Gasteiger charge is 2.20. The smallest absolute Gasteiger partial charge is 0.252 e. The number of aryl methyl sites for hydroxylation is 1. The van der Waals surface area contributed by atoms with Crippen LogP contribution in [0.25, 0.3) is 0 Å². The molecule has 1 aliphatic carbocycles. The van der Waals surface area contributed by atoms with Crippen molar-refractivity contribution in [1.29, 1.82) is 0 Å². The maximum atomic E-state index is 11.9. The molecule has 0 unspecified atom stereocenters. The van der Waals surface area contributed by atoms with Crippen molar-refractivity contribution < 1.29 is 0 Å². The molecule has 0 bridgehead atoms. The number of hydrogen-bond donors (Lipinski definition) is 2. The number of aromatic nitrogens is 1. The Hall–Kier alpha value is -1.09. The Balaban J connectivity index is 2.69. The maximum absolute atomic E-state index is 11.9. The summed E-state index contributed by atoms with van der Waals surface area (Å²) in [6, 6.07) is 0. The van der Waals surface area contributed by atoms with Crippen LogP contribution in [-0.4, -0.2) is 4.98 Å². The average molecular weight is 220 g/mol. The van der Waals surface area contributed by atoms with Gasteiger partial charge in [-0.25, -0.2) is 0 Å². The van der Waals surface area contributed by atoms with Gasteiger partial charge < -0.3 is 10.7 Å². The van der Waals surface area contributed by atoms with E-state index in [0.29, 0.717) is 12.5 Å². The van der Waals surface area contributed by atoms with E-state index in [1.807, 2.05) is 0 Å². The molecule has 0 saturated heterocycles. The molecule has 1 aromatic rings. The molecular weight excluding hydrogens is 200 g/mol. The minimum absolute atomic E-state index is 0.0202. The number of aromatic amines is 1. The van der Waals surface area contributed by atoms with Crippen LogP contribution in [0.15, 0.2) is 4.79 Å². The maximum Gasteiger partial charge on any atom is 0.252 e. The number of hydrogen-bond acceptors (Lipinski definition) is 2. The second kappa shape index (κ2) is 4.42. The Morgan fingerprint density at radius 2 is 2.00 bits per heavy atom. The Morgan fingerprint density at radius 3 is 2.62 bits per heavy atom. The highest BCUT2D eigenvalue weighted by Crippen LogP contribution is 2.28. The summed E-state index contributed by atoms with van der Waals surface area (Å²) in [6.07, 6.45) is 4.51. The molecule has 0 amide bonds. The first kappa shape index (κ1) is 11.4. The SMILES string of the molecule is CC(C)c1c2c([nH]c(=O)c1CN)CCCC2. The minimum Gasteiger partial charge on any atom is -0.326 e. The summed E-state index contributed by atoms with van der Waals surface area (Å²) >= 11 is 0. The van der Waals surface area contributed by atoms with E-state index in [1.165, 1.54) is 24.0 Å². The molecule has 3 heteroatoms. The molecule has 0 atom stereocenters. The van der Waals surface area contributed by atoms with E-state index >= 15 is 0 Å². The summed E-state index contributed by atoms with van der Waals surface area (Å²) in [4.78, 5) is 14.9. The molecule has 0 fully saturated rings. The summed E-state index contributed by atoms with van der Waals surface area (Å²) in [5.74, 6) is 0.382. The van der Waals surface area contributed by atoms with Gasteiger partial charge in [0.25, 0.3) is 5.56 Å². The predicted molar refractivity (Wildman–Crippen MR) is 65.7 cm³/mol. The van der Waals surface area contributed by atoms with Crippen molar-refractivity contribution in [3.63, 3.8) is 0 Å². The van der Waals surface area contributed by atoms with Crippen LogP contribution in [0.4, 0.5) is 0 Å². The van der Waals surface area contributed by atoms with Crippen molar-refractivity contribution in [2.75, 3.05) is 0 Å². The monoisotopic (exact) mass is 220 g/mol. The van der Waals surface area contributed by atoms with Crippen LogP contribution in [0, 0.1) is 0 Å². The van der Waals surface area contributed by atoms with Crippen molar-refractivity contribution in [2.45, 2.75) is 52.0 Å². The molecule has 3 nitrogen and oxygen atoms in total. The van der Waals surface area contributed by atoms with Gasteiger partial charge in [0, 0.05) is 17.8 Å². The topological polar surface area (TPSA) is 58.9 Å². The molecule has 1 aromatic heterocycles. The van der Waals surface area contributed by atoms with Crippen LogP contribution in [-0.2, 0) is 19.4 Å². The van der Waals surface area contributed by atoms with Crippen LogP contribution in [0.1, 0.15) is 55.0 Å². The molecule has 2 rings (SSSR count). The van der Waals surface area contributed by atoms with Crippen LogP contribution >= 0.6 is 0 Å². The minimum atomic E-state index is 0.0202.